The van der Waals surface area contributed by atoms with Crippen molar-refractivity contribution < 1.29 is 9.59 Å². The molecule has 0 aromatic rings. The molecule has 0 aliphatic heterocycles. The van der Waals surface area contributed by atoms with E-state index >= 15 is 0 Å². The zero-order valence-corrected chi connectivity index (χ0v) is 8.68. The maximum atomic E-state index is 11.3. The molecule has 0 heterocycles. The van der Waals surface area contributed by atoms with E-state index in [0.29, 0.717) is 0 Å². The van der Waals surface area contributed by atoms with Gasteiger partial charge in [-0.15, -0.1) is 0 Å². The molecule has 13 heavy (non-hydrogen) atoms. The molecule has 0 saturated heterocycles. The van der Waals surface area contributed by atoms with Gasteiger partial charge in [0.2, 0.25) is 11.8 Å². The SMILES string of the molecule is CCC(C)C(NC(C)=O)C(=O)NC. The first-order valence-electron chi connectivity index (χ1n) is 4.51. The first kappa shape index (κ1) is 11.9. The van der Waals surface area contributed by atoms with Crippen molar-refractivity contribution in [2.45, 2.75) is 33.2 Å². The first-order valence-corrected chi connectivity index (χ1v) is 4.51. The Bertz CT molecular complexity index is 192. The summed E-state index contributed by atoms with van der Waals surface area (Å²) in [5.41, 5.74) is 0. The Balaban J connectivity index is 4.35. The van der Waals surface area contributed by atoms with Crippen LogP contribution in [-0.2, 0) is 9.59 Å². The predicted octanol–water partition coefficient (Wildman–Crippen LogP) is 0.283. The van der Waals surface area contributed by atoms with Crippen molar-refractivity contribution in [3.8, 4) is 0 Å². The van der Waals surface area contributed by atoms with Crippen LogP contribution >= 0.6 is 0 Å². The number of rotatable bonds is 4. The summed E-state index contributed by atoms with van der Waals surface area (Å²) in [6, 6.07) is -0.410. The maximum absolute atomic E-state index is 11.3. The van der Waals surface area contributed by atoms with Gasteiger partial charge in [-0.2, -0.15) is 0 Å². The summed E-state index contributed by atoms with van der Waals surface area (Å²) >= 11 is 0. The highest BCUT2D eigenvalue weighted by atomic mass is 16.2. The number of carbonyl (C=O) groups excluding carboxylic acids is 2. The van der Waals surface area contributed by atoms with Gasteiger partial charge >= 0.3 is 0 Å². The molecule has 2 amide bonds. The van der Waals surface area contributed by atoms with E-state index in [9.17, 15) is 9.59 Å². The minimum atomic E-state index is -0.410. The van der Waals surface area contributed by atoms with Crippen LogP contribution in [0.2, 0.25) is 0 Å². The van der Waals surface area contributed by atoms with Gasteiger partial charge in [-0.3, -0.25) is 9.59 Å². The average molecular weight is 186 g/mol. The first-order chi connectivity index (χ1) is 6.02. The highest BCUT2D eigenvalue weighted by Gasteiger charge is 2.23. The Labute approximate surface area is 79.1 Å². The summed E-state index contributed by atoms with van der Waals surface area (Å²) < 4.78 is 0. The summed E-state index contributed by atoms with van der Waals surface area (Å²) in [7, 11) is 1.57. The van der Waals surface area contributed by atoms with Gasteiger partial charge in [0.1, 0.15) is 6.04 Å². The Hall–Kier alpha value is -1.06. The van der Waals surface area contributed by atoms with Gasteiger partial charge in [0.05, 0.1) is 0 Å². The topological polar surface area (TPSA) is 58.2 Å². The third-order valence-electron chi connectivity index (χ3n) is 2.10. The van der Waals surface area contributed by atoms with E-state index < -0.39 is 6.04 Å². The van der Waals surface area contributed by atoms with Crippen molar-refractivity contribution in [1.29, 1.82) is 0 Å². The van der Waals surface area contributed by atoms with Gasteiger partial charge in [0, 0.05) is 14.0 Å². The monoisotopic (exact) mass is 186 g/mol. The third kappa shape index (κ3) is 3.92. The molecule has 2 N–H and O–H groups in total. The largest absolute Gasteiger partial charge is 0.357 e. The summed E-state index contributed by atoms with van der Waals surface area (Å²) in [5.74, 6) is -0.151. The highest BCUT2D eigenvalue weighted by molar-refractivity contribution is 5.86. The van der Waals surface area contributed by atoms with Crippen molar-refractivity contribution in [3.63, 3.8) is 0 Å². The molecule has 0 aromatic heterocycles. The van der Waals surface area contributed by atoms with Crippen LogP contribution in [0, 0.1) is 5.92 Å². The molecule has 0 aliphatic carbocycles. The minimum absolute atomic E-state index is 0.135. The molecule has 2 unspecified atom stereocenters. The fourth-order valence-electron chi connectivity index (χ4n) is 1.08. The minimum Gasteiger partial charge on any atom is -0.357 e. The molecule has 0 saturated carbocycles. The summed E-state index contributed by atoms with van der Waals surface area (Å²) in [6.07, 6.45) is 0.859. The van der Waals surface area contributed by atoms with Crippen LogP contribution in [0.15, 0.2) is 0 Å². The molecule has 0 spiro atoms. The second-order valence-corrected chi connectivity index (χ2v) is 3.18. The Morgan fingerprint density at radius 3 is 2.23 bits per heavy atom. The fourth-order valence-corrected chi connectivity index (χ4v) is 1.08. The molecule has 0 fully saturated rings. The van der Waals surface area contributed by atoms with Gasteiger partial charge < -0.3 is 10.6 Å². The number of amides is 2. The quantitative estimate of drug-likeness (QED) is 0.662. The summed E-state index contributed by atoms with van der Waals surface area (Å²) in [6.45, 7) is 5.34. The summed E-state index contributed by atoms with van der Waals surface area (Å²) in [5, 5.41) is 5.16. The van der Waals surface area contributed by atoms with Crippen LogP contribution in [0.5, 0.6) is 0 Å². The predicted molar refractivity (Wildman–Crippen MR) is 51.1 cm³/mol. The lowest BCUT2D eigenvalue weighted by atomic mass is 9.98. The number of hydrogen-bond donors (Lipinski definition) is 2. The Kier molecular flexibility index (Phi) is 5.11. The van der Waals surface area contributed by atoms with Crippen molar-refractivity contribution in [3.05, 3.63) is 0 Å². The summed E-state index contributed by atoms with van der Waals surface area (Å²) in [4.78, 5) is 22.1. The van der Waals surface area contributed by atoms with E-state index in [-0.39, 0.29) is 17.7 Å². The van der Waals surface area contributed by atoms with Gasteiger partial charge in [0.15, 0.2) is 0 Å². The number of likely N-dealkylation sites (N-methyl/N-ethyl adjacent to an activating group) is 1. The molecular formula is C9H18N2O2. The molecule has 4 nitrogen and oxygen atoms in total. The Morgan fingerprint density at radius 2 is 1.92 bits per heavy atom. The van der Waals surface area contributed by atoms with Gasteiger partial charge in [-0.05, 0) is 5.92 Å². The van der Waals surface area contributed by atoms with Crippen LogP contribution in [0.3, 0.4) is 0 Å². The molecular weight excluding hydrogens is 168 g/mol. The zero-order valence-electron chi connectivity index (χ0n) is 8.68. The van der Waals surface area contributed by atoms with Crippen molar-refractivity contribution in [2.75, 3.05) is 7.05 Å². The van der Waals surface area contributed by atoms with Crippen LogP contribution < -0.4 is 10.6 Å². The van der Waals surface area contributed by atoms with Crippen molar-refractivity contribution >= 4 is 11.8 Å². The van der Waals surface area contributed by atoms with E-state index in [2.05, 4.69) is 10.6 Å². The van der Waals surface area contributed by atoms with Crippen LogP contribution in [0.25, 0.3) is 0 Å². The normalized spacial score (nSPS) is 14.5. The zero-order chi connectivity index (χ0) is 10.4. The molecule has 0 aliphatic rings. The standard InChI is InChI=1S/C9H18N2O2/c1-5-6(2)8(9(13)10-4)11-7(3)12/h6,8H,5H2,1-4H3,(H,10,13)(H,11,12). The van der Waals surface area contributed by atoms with Crippen LogP contribution in [-0.4, -0.2) is 24.9 Å². The number of nitrogens with one attached hydrogen (secondary N) is 2. The molecule has 2 atom stereocenters. The smallest absolute Gasteiger partial charge is 0.242 e. The lowest BCUT2D eigenvalue weighted by molar-refractivity contribution is -0.129. The van der Waals surface area contributed by atoms with Gasteiger partial charge in [0.25, 0.3) is 0 Å². The molecule has 4 heteroatoms. The van der Waals surface area contributed by atoms with Crippen molar-refractivity contribution in [2.24, 2.45) is 5.92 Å². The van der Waals surface area contributed by atoms with E-state index in [1.807, 2.05) is 13.8 Å². The van der Waals surface area contributed by atoms with Crippen LogP contribution in [0.4, 0.5) is 0 Å². The highest BCUT2D eigenvalue weighted by Crippen LogP contribution is 2.07. The average Bonchev–Trinajstić information content (AvgIpc) is 2.11. The third-order valence-corrected chi connectivity index (χ3v) is 2.10. The molecule has 0 aromatic carbocycles. The van der Waals surface area contributed by atoms with E-state index in [1.54, 1.807) is 7.05 Å². The number of carbonyl (C=O) groups is 2. The van der Waals surface area contributed by atoms with E-state index in [4.69, 9.17) is 0 Å². The maximum Gasteiger partial charge on any atom is 0.242 e. The lowest BCUT2D eigenvalue weighted by Crippen LogP contribution is -2.48. The van der Waals surface area contributed by atoms with Gasteiger partial charge in [-0.25, -0.2) is 0 Å². The van der Waals surface area contributed by atoms with Crippen molar-refractivity contribution in [1.82, 2.24) is 10.6 Å². The second-order valence-electron chi connectivity index (χ2n) is 3.18. The fraction of sp³-hybridized carbons (Fsp3) is 0.778. The molecule has 76 valence electrons. The number of hydrogen-bond acceptors (Lipinski definition) is 2. The van der Waals surface area contributed by atoms with E-state index in [1.165, 1.54) is 6.92 Å². The van der Waals surface area contributed by atoms with Gasteiger partial charge in [-0.1, -0.05) is 20.3 Å². The second kappa shape index (κ2) is 5.56. The Morgan fingerprint density at radius 1 is 1.38 bits per heavy atom. The van der Waals surface area contributed by atoms with Crippen LogP contribution in [0.1, 0.15) is 27.2 Å². The molecule has 0 rings (SSSR count). The lowest BCUT2D eigenvalue weighted by Gasteiger charge is -2.21. The van der Waals surface area contributed by atoms with E-state index in [0.717, 1.165) is 6.42 Å². The molecule has 0 bridgehead atoms. The molecule has 0 radical (unpaired) electrons.